The average Bonchev–Trinajstić information content (AvgIpc) is 2.19. The fourth-order valence-electron chi connectivity index (χ4n) is 1.16. The van der Waals surface area contributed by atoms with E-state index in [0.29, 0.717) is 0 Å². The Morgan fingerprint density at radius 3 is 2.50 bits per heavy atom. The van der Waals surface area contributed by atoms with Gasteiger partial charge in [-0.15, -0.1) is 13.2 Å². The first-order valence-electron chi connectivity index (χ1n) is 4.47. The normalized spacial score (nSPS) is 11.1. The fourth-order valence-corrected chi connectivity index (χ4v) is 1.16. The van der Waals surface area contributed by atoms with Gasteiger partial charge in [-0.3, -0.25) is 4.79 Å². The van der Waals surface area contributed by atoms with Crippen LogP contribution in [0.4, 0.5) is 13.2 Å². The molecule has 0 aromatic carbocycles. The van der Waals surface area contributed by atoms with Crippen LogP contribution in [0.15, 0.2) is 6.07 Å². The maximum Gasteiger partial charge on any atom is 0.574 e. The number of alkyl halides is 3. The van der Waals surface area contributed by atoms with Crippen LogP contribution in [0.25, 0.3) is 0 Å². The van der Waals surface area contributed by atoms with Gasteiger partial charge in [-0.1, -0.05) is 0 Å². The molecule has 1 aromatic heterocycles. The van der Waals surface area contributed by atoms with E-state index in [1.165, 1.54) is 0 Å². The molecule has 0 aliphatic rings. The summed E-state index contributed by atoms with van der Waals surface area (Å²) < 4.78 is 43.9. The molecular weight excluding hydrogens is 259 g/mol. The number of aliphatic carboxylic acids is 1. The SMILES string of the molecule is COc1nc(OC(F)(F)F)c(O)cc1CC(=O)O. The number of carboxylic acid groups (broad SMARTS) is 1. The van der Waals surface area contributed by atoms with Gasteiger partial charge in [-0.25, -0.2) is 0 Å². The number of halogens is 3. The van der Waals surface area contributed by atoms with Crippen LogP contribution in [0, 0.1) is 0 Å². The Morgan fingerprint density at radius 2 is 2.06 bits per heavy atom. The van der Waals surface area contributed by atoms with Gasteiger partial charge in [0.15, 0.2) is 5.75 Å². The molecular formula is C9H8F3NO5. The van der Waals surface area contributed by atoms with Crippen LogP contribution in [0.3, 0.4) is 0 Å². The summed E-state index contributed by atoms with van der Waals surface area (Å²) in [5.74, 6) is -3.65. The number of hydrogen-bond donors (Lipinski definition) is 2. The molecule has 1 heterocycles. The second-order valence-electron chi connectivity index (χ2n) is 3.10. The average molecular weight is 267 g/mol. The number of nitrogens with zero attached hydrogens (tertiary/aromatic N) is 1. The maximum atomic E-state index is 12.0. The van der Waals surface area contributed by atoms with Gasteiger partial charge in [-0.2, -0.15) is 4.98 Å². The van der Waals surface area contributed by atoms with Crippen LogP contribution in [0.2, 0.25) is 0 Å². The molecule has 0 aliphatic carbocycles. The van der Waals surface area contributed by atoms with Crippen molar-refractivity contribution in [2.24, 2.45) is 0 Å². The Morgan fingerprint density at radius 1 is 1.44 bits per heavy atom. The highest BCUT2D eigenvalue weighted by Crippen LogP contribution is 2.33. The summed E-state index contributed by atoms with van der Waals surface area (Å²) in [6.07, 6.45) is -5.58. The van der Waals surface area contributed by atoms with E-state index >= 15 is 0 Å². The van der Waals surface area contributed by atoms with E-state index in [-0.39, 0.29) is 11.4 Å². The van der Waals surface area contributed by atoms with Crippen LogP contribution in [-0.2, 0) is 11.2 Å². The Hall–Kier alpha value is -2.19. The highest BCUT2D eigenvalue weighted by atomic mass is 19.4. The second kappa shape index (κ2) is 4.98. The van der Waals surface area contributed by atoms with Crippen molar-refractivity contribution in [2.75, 3.05) is 7.11 Å². The van der Waals surface area contributed by atoms with Gasteiger partial charge in [-0.05, 0) is 6.07 Å². The number of carbonyl (C=O) groups is 1. The van der Waals surface area contributed by atoms with E-state index in [1.54, 1.807) is 0 Å². The summed E-state index contributed by atoms with van der Waals surface area (Å²) >= 11 is 0. The number of aromatic nitrogens is 1. The van der Waals surface area contributed by atoms with Gasteiger partial charge in [0.05, 0.1) is 13.5 Å². The molecule has 0 fully saturated rings. The van der Waals surface area contributed by atoms with Crippen LogP contribution in [0.5, 0.6) is 17.5 Å². The molecule has 0 saturated heterocycles. The molecule has 2 N–H and O–H groups in total. The fraction of sp³-hybridized carbons (Fsp3) is 0.333. The van der Waals surface area contributed by atoms with Crippen molar-refractivity contribution < 1.29 is 37.7 Å². The van der Waals surface area contributed by atoms with Crippen molar-refractivity contribution in [1.29, 1.82) is 0 Å². The molecule has 1 aromatic rings. The standard InChI is InChI=1S/C9H8F3NO5/c1-17-7-4(3-6(15)16)2-5(14)8(13-7)18-9(10,11)12/h2,14H,3H2,1H3,(H,15,16). The summed E-state index contributed by atoms with van der Waals surface area (Å²) in [6, 6.07) is 0.793. The minimum absolute atomic E-state index is 0.0722. The molecule has 0 amide bonds. The van der Waals surface area contributed by atoms with Crippen molar-refractivity contribution in [1.82, 2.24) is 4.98 Å². The molecule has 0 bridgehead atoms. The lowest BCUT2D eigenvalue weighted by Crippen LogP contribution is -2.18. The first-order valence-corrected chi connectivity index (χ1v) is 4.47. The Bertz CT molecular complexity index is 460. The number of pyridine rings is 1. The maximum absolute atomic E-state index is 12.0. The minimum atomic E-state index is -5.02. The molecule has 0 atom stereocenters. The highest BCUT2D eigenvalue weighted by molar-refractivity contribution is 5.71. The number of ether oxygens (including phenoxy) is 2. The van der Waals surface area contributed by atoms with E-state index in [0.717, 1.165) is 13.2 Å². The van der Waals surface area contributed by atoms with E-state index in [2.05, 4.69) is 14.5 Å². The lowest BCUT2D eigenvalue weighted by atomic mass is 10.2. The third kappa shape index (κ3) is 3.68. The zero-order valence-corrected chi connectivity index (χ0v) is 8.98. The molecule has 0 radical (unpaired) electrons. The third-order valence-corrected chi connectivity index (χ3v) is 1.76. The lowest BCUT2D eigenvalue weighted by molar-refractivity contribution is -0.276. The van der Waals surface area contributed by atoms with Crippen LogP contribution < -0.4 is 9.47 Å². The zero-order valence-electron chi connectivity index (χ0n) is 8.98. The van der Waals surface area contributed by atoms with E-state index < -0.39 is 30.4 Å². The first kappa shape index (κ1) is 13.9. The summed E-state index contributed by atoms with van der Waals surface area (Å²) in [5, 5.41) is 17.8. The van der Waals surface area contributed by atoms with E-state index in [4.69, 9.17) is 5.11 Å². The smallest absolute Gasteiger partial charge is 0.503 e. The summed E-state index contributed by atoms with van der Waals surface area (Å²) in [7, 11) is 1.10. The third-order valence-electron chi connectivity index (χ3n) is 1.76. The summed E-state index contributed by atoms with van der Waals surface area (Å²) in [4.78, 5) is 13.7. The molecule has 0 spiro atoms. The van der Waals surface area contributed by atoms with E-state index in [9.17, 15) is 23.1 Å². The topological polar surface area (TPSA) is 88.9 Å². The minimum Gasteiger partial charge on any atom is -0.503 e. The van der Waals surface area contributed by atoms with Crippen LogP contribution in [-0.4, -0.2) is 34.6 Å². The molecule has 18 heavy (non-hydrogen) atoms. The molecule has 0 saturated carbocycles. The molecule has 6 nitrogen and oxygen atoms in total. The summed E-state index contributed by atoms with van der Waals surface area (Å²) in [5.41, 5.74) is -0.0722. The van der Waals surface area contributed by atoms with Gasteiger partial charge in [0.2, 0.25) is 5.88 Å². The van der Waals surface area contributed by atoms with Crippen molar-refractivity contribution >= 4 is 5.97 Å². The van der Waals surface area contributed by atoms with Crippen molar-refractivity contribution in [3.63, 3.8) is 0 Å². The number of hydrogen-bond acceptors (Lipinski definition) is 5. The zero-order chi connectivity index (χ0) is 13.9. The molecule has 100 valence electrons. The summed E-state index contributed by atoms with van der Waals surface area (Å²) in [6.45, 7) is 0. The van der Waals surface area contributed by atoms with Crippen molar-refractivity contribution in [2.45, 2.75) is 12.8 Å². The number of aromatic hydroxyl groups is 1. The Balaban J connectivity index is 3.13. The van der Waals surface area contributed by atoms with Gasteiger partial charge in [0, 0.05) is 5.56 Å². The molecule has 0 aliphatic heterocycles. The van der Waals surface area contributed by atoms with Crippen molar-refractivity contribution in [3.8, 4) is 17.5 Å². The largest absolute Gasteiger partial charge is 0.574 e. The first-order chi connectivity index (χ1) is 8.23. The van der Waals surface area contributed by atoms with Gasteiger partial charge in [0.25, 0.3) is 5.88 Å². The predicted octanol–water partition coefficient (Wildman–Crippen LogP) is 1.32. The van der Waals surface area contributed by atoms with Crippen LogP contribution >= 0.6 is 0 Å². The molecule has 1 rings (SSSR count). The Labute approximate surface area is 98.6 Å². The highest BCUT2D eigenvalue weighted by Gasteiger charge is 2.33. The molecule has 0 unspecified atom stereocenters. The molecule has 9 heteroatoms. The van der Waals surface area contributed by atoms with Crippen LogP contribution in [0.1, 0.15) is 5.56 Å². The lowest BCUT2D eigenvalue weighted by Gasteiger charge is -2.12. The van der Waals surface area contributed by atoms with Gasteiger partial charge in [0.1, 0.15) is 0 Å². The number of carboxylic acids is 1. The monoisotopic (exact) mass is 267 g/mol. The van der Waals surface area contributed by atoms with Crippen molar-refractivity contribution in [3.05, 3.63) is 11.6 Å². The second-order valence-corrected chi connectivity index (χ2v) is 3.10. The van der Waals surface area contributed by atoms with Gasteiger partial charge < -0.3 is 19.7 Å². The number of rotatable bonds is 4. The van der Waals surface area contributed by atoms with Gasteiger partial charge >= 0.3 is 12.3 Å². The number of methoxy groups -OCH3 is 1. The Kier molecular flexibility index (Phi) is 3.84. The van der Waals surface area contributed by atoms with E-state index in [1.807, 2.05) is 0 Å². The predicted molar refractivity (Wildman–Crippen MR) is 50.5 cm³/mol. The quantitative estimate of drug-likeness (QED) is 0.855.